The molecule has 1 aliphatic heterocycles. The van der Waals surface area contributed by atoms with Crippen molar-refractivity contribution in [2.45, 2.75) is 12.5 Å². The molecule has 0 radical (unpaired) electrons. The maximum Gasteiger partial charge on any atom is 0.325 e. The van der Waals surface area contributed by atoms with Crippen LogP contribution in [0.5, 0.6) is 0 Å². The molecule has 7 heteroatoms. The van der Waals surface area contributed by atoms with Gasteiger partial charge in [-0.15, -0.1) is 0 Å². The fourth-order valence-electron chi connectivity index (χ4n) is 2.11. The summed E-state index contributed by atoms with van der Waals surface area (Å²) in [4.78, 5) is 36.2. The van der Waals surface area contributed by atoms with E-state index in [9.17, 15) is 18.8 Å². The van der Waals surface area contributed by atoms with Crippen LogP contribution in [0.4, 0.5) is 9.18 Å². The summed E-state index contributed by atoms with van der Waals surface area (Å²) in [7, 11) is 1.40. The number of imide groups is 1. The van der Waals surface area contributed by atoms with Gasteiger partial charge in [0.25, 0.3) is 5.91 Å². The molecule has 0 aliphatic carbocycles. The van der Waals surface area contributed by atoms with E-state index in [-0.39, 0.29) is 5.56 Å². The molecule has 2 N–H and O–H groups in total. The van der Waals surface area contributed by atoms with E-state index < -0.39 is 35.7 Å². The fraction of sp³-hybridized carbons (Fsp3) is 0.308. The van der Waals surface area contributed by atoms with E-state index >= 15 is 0 Å². The summed E-state index contributed by atoms with van der Waals surface area (Å²) < 4.78 is 13.8. The molecule has 0 aromatic heterocycles. The maximum absolute atomic E-state index is 13.8. The van der Waals surface area contributed by atoms with Gasteiger partial charge in [-0.05, 0) is 13.0 Å². The maximum atomic E-state index is 13.8. The first-order valence-electron chi connectivity index (χ1n) is 6.00. The van der Waals surface area contributed by atoms with Crippen molar-refractivity contribution in [3.05, 3.63) is 35.6 Å². The SMILES string of the molecule is CNC(=O)CN1C(=O)NC(C)(c2ccccc2F)C1=O. The quantitative estimate of drug-likeness (QED) is 0.783. The molecule has 106 valence electrons. The Morgan fingerprint density at radius 2 is 2.05 bits per heavy atom. The molecule has 1 heterocycles. The number of carbonyl (C=O) groups is 3. The Labute approximate surface area is 114 Å². The van der Waals surface area contributed by atoms with Gasteiger partial charge in [-0.1, -0.05) is 18.2 Å². The van der Waals surface area contributed by atoms with Crippen LogP contribution in [-0.4, -0.2) is 36.3 Å². The lowest BCUT2D eigenvalue weighted by Crippen LogP contribution is -2.43. The smallest absolute Gasteiger partial charge is 0.325 e. The van der Waals surface area contributed by atoms with Crippen LogP contribution in [-0.2, 0) is 15.1 Å². The number of rotatable bonds is 3. The van der Waals surface area contributed by atoms with Crippen LogP contribution in [0.3, 0.4) is 0 Å². The third-order valence-corrected chi connectivity index (χ3v) is 3.27. The summed E-state index contributed by atoms with van der Waals surface area (Å²) in [5, 5.41) is 4.76. The molecule has 1 aromatic rings. The largest absolute Gasteiger partial charge is 0.358 e. The second kappa shape index (κ2) is 4.92. The van der Waals surface area contributed by atoms with E-state index in [1.165, 1.54) is 32.2 Å². The van der Waals surface area contributed by atoms with E-state index in [1.54, 1.807) is 6.07 Å². The highest BCUT2D eigenvalue weighted by atomic mass is 19.1. The summed E-state index contributed by atoms with van der Waals surface area (Å²) in [6, 6.07) is 4.98. The second-order valence-corrected chi connectivity index (χ2v) is 4.60. The Kier molecular flexibility index (Phi) is 3.44. The van der Waals surface area contributed by atoms with E-state index in [4.69, 9.17) is 0 Å². The molecule has 2 rings (SSSR count). The van der Waals surface area contributed by atoms with Crippen molar-refractivity contribution < 1.29 is 18.8 Å². The number of hydrogen-bond donors (Lipinski definition) is 2. The number of benzene rings is 1. The van der Waals surface area contributed by atoms with Crippen LogP contribution < -0.4 is 10.6 Å². The normalized spacial score (nSPS) is 21.9. The molecule has 6 nitrogen and oxygen atoms in total. The van der Waals surface area contributed by atoms with Gasteiger partial charge >= 0.3 is 6.03 Å². The van der Waals surface area contributed by atoms with Gasteiger partial charge in [0.2, 0.25) is 5.91 Å². The summed E-state index contributed by atoms with van der Waals surface area (Å²) in [5.41, 5.74) is -1.44. The van der Waals surface area contributed by atoms with Gasteiger partial charge in [0.1, 0.15) is 17.9 Å². The fourth-order valence-corrected chi connectivity index (χ4v) is 2.11. The molecule has 1 saturated heterocycles. The number of urea groups is 1. The second-order valence-electron chi connectivity index (χ2n) is 4.60. The monoisotopic (exact) mass is 279 g/mol. The zero-order chi connectivity index (χ0) is 14.9. The van der Waals surface area contributed by atoms with Gasteiger partial charge in [-0.25, -0.2) is 9.18 Å². The number of nitrogens with zero attached hydrogens (tertiary/aromatic N) is 1. The van der Waals surface area contributed by atoms with Crippen LogP contribution in [0.25, 0.3) is 0 Å². The van der Waals surface area contributed by atoms with Crippen molar-refractivity contribution in [1.29, 1.82) is 0 Å². The first kappa shape index (κ1) is 14.0. The lowest BCUT2D eigenvalue weighted by Gasteiger charge is -2.22. The summed E-state index contributed by atoms with van der Waals surface area (Å²) in [6.07, 6.45) is 0. The Balaban J connectivity index is 2.36. The average molecular weight is 279 g/mol. The first-order chi connectivity index (χ1) is 9.40. The van der Waals surface area contributed by atoms with E-state index in [0.29, 0.717) is 0 Å². The highest BCUT2D eigenvalue weighted by Gasteiger charge is 2.50. The van der Waals surface area contributed by atoms with Gasteiger partial charge in [-0.3, -0.25) is 14.5 Å². The molecule has 1 fully saturated rings. The Morgan fingerprint density at radius 3 is 2.65 bits per heavy atom. The van der Waals surface area contributed by atoms with Gasteiger partial charge in [0.05, 0.1) is 0 Å². The summed E-state index contributed by atoms with van der Waals surface area (Å²) in [5.74, 6) is -1.73. The highest BCUT2D eigenvalue weighted by Crippen LogP contribution is 2.30. The minimum absolute atomic E-state index is 0.0674. The third-order valence-electron chi connectivity index (χ3n) is 3.27. The summed E-state index contributed by atoms with van der Waals surface area (Å²) >= 11 is 0. The van der Waals surface area contributed by atoms with Crippen LogP contribution in [0.1, 0.15) is 12.5 Å². The summed E-state index contributed by atoms with van der Waals surface area (Å²) in [6.45, 7) is 1.01. The lowest BCUT2D eigenvalue weighted by atomic mass is 9.91. The molecule has 0 saturated carbocycles. The Morgan fingerprint density at radius 1 is 1.40 bits per heavy atom. The minimum Gasteiger partial charge on any atom is -0.358 e. The van der Waals surface area contributed by atoms with Crippen LogP contribution >= 0.6 is 0 Å². The van der Waals surface area contributed by atoms with E-state index in [2.05, 4.69) is 10.6 Å². The van der Waals surface area contributed by atoms with Gasteiger partial charge < -0.3 is 10.6 Å². The number of likely N-dealkylation sites (N-methyl/N-ethyl adjacent to an activating group) is 1. The average Bonchev–Trinajstić information content (AvgIpc) is 2.63. The number of halogens is 1. The van der Waals surface area contributed by atoms with Gasteiger partial charge in [-0.2, -0.15) is 0 Å². The van der Waals surface area contributed by atoms with Crippen molar-refractivity contribution in [2.75, 3.05) is 13.6 Å². The molecule has 4 amide bonds. The van der Waals surface area contributed by atoms with E-state index in [0.717, 1.165) is 4.90 Å². The molecule has 1 aliphatic rings. The van der Waals surface area contributed by atoms with E-state index in [1.807, 2.05) is 0 Å². The van der Waals surface area contributed by atoms with Crippen molar-refractivity contribution in [2.24, 2.45) is 0 Å². The van der Waals surface area contributed by atoms with Crippen molar-refractivity contribution >= 4 is 17.8 Å². The molecule has 1 aromatic carbocycles. The third kappa shape index (κ3) is 2.11. The number of amides is 4. The topological polar surface area (TPSA) is 78.5 Å². The highest BCUT2D eigenvalue weighted by molar-refractivity contribution is 6.09. The number of hydrogen-bond acceptors (Lipinski definition) is 3. The molecule has 0 spiro atoms. The minimum atomic E-state index is -1.50. The van der Waals surface area contributed by atoms with Crippen LogP contribution in [0, 0.1) is 5.82 Å². The van der Waals surface area contributed by atoms with Crippen LogP contribution in [0.2, 0.25) is 0 Å². The van der Waals surface area contributed by atoms with Crippen molar-refractivity contribution in [1.82, 2.24) is 15.5 Å². The molecular weight excluding hydrogens is 265 g/mol. The standard InChI is InChI=1S/C13H14FN3O3/c1-13(8-5-3-4-6-9(8)14)11(19)17(12(20)16-13)7-10(18)15-2/h3-6H,7H2,1-2H3,(H,15,18)(H,16,20). The molecular formula is C13H14FN3O3. The molecule has 0 bridgehead atoms. The zero-order valence-corrected chi connectivity index (χ0v) is 11.1. The molecule has 20 heavy (non-hydrogen) atoms. The number of carbonyl (C=O) groups excluding carboxylic acids is 3. The molecule has 1 atom stereocenters. The van der Waals surface area contributed by atoms with Crippen molar-refractivity contribution in [3.63, 3.8) is 0 Å². The Bertz CT molecular complexity index is 590. The van der Waals surface area contributed by atoms with Gasteiger partial charge in [0, 0.05) is 12.6 Å². The molecule has 1 unspecified atom stereocenters. The van der Waals surface area contributed by atoms with Crippen LogP contribution in [0.15, 0.2) is 24.3 Å². The van der Waals surface area contributed by atoms with Gasteiger partial charge in [0.15, 0.2) is 0 Å². The van der Waals surface area contributed by atoms with Crippen molar-refractivity contribution in [3.8, 4) is 0 Å². The predicted molar refractivity (Wildman–Crippen MR) is 68.1 cm³/mol. The Hall–Kier alpha value is -2.44. The predicted octanol–water partition coefficient (Wildman–Crippen LogP) is 0.339. The number of nitrogens with one attached hydrogen (secondary N) is 2. The lowest BCUT2D eigenvalue weighted by molar-refractivity contribution is -0.134. The first-order valence-corrected chi connectivity index (χ1v) is 6.00. The zero-order valence-electron chi connectivity index (χ0n) is 11.1.